The molecule has 0 saturated carbocycles. The maximum Gasteiger partial charge on any atom is 0.325 e. The molecule has 18 heavy (non-hydrogen) atoms. The maximum absolute atomic E-state index is 13.3. The first kappa shape index (κ1) is 13.3. The Hall–Kier alpha value is -1.17. The Labute approximate surface area is 109 Å². The van der Waals surface area contributed by atoms with Gasteiger partial charge in [0, 0.05) is 19.6 Å². The van der Waals surface area contributed by atoms with Crippen molar-refractivity contribution in [1.29, 1.82) is 0 Å². The van der Waals surface area contributed by atoms with Crippen molar-refractivity contribution in [2.45, 2.75) is 18.5 Å². The van der Waals surface area contributed by atoms with Crippen molar-refractivity contribution in [2.24, 2.45) is 5.73 Å². The van der Waals surface area contributed by atoms with Crippen LogP contribution in [0.4, 0.5) is 4.39 Å². The molecule has 1 aliphatic heterocycles. The summed E-state index contributed by atoms with van der Waals surface area (Å²) in [6.45, 7) is 1.22. The third-order valence-corrected chi connectivity index (χ3v) is 3.65. The van der Waals surface area contributed by atoms with Crippen molar-refractivity contribution in [3.05, 3.63) is 34.6 Å². The van der Waals surface area contributed by atoms with Gasteiger partial charge in [-0.15, -0.1) is 0 Å². The highest BCUT2D eigenvalue weighted by atomic mass is 35.5. The SMILES string of the molecule is NC1(C(=O)O)CCN(Cc2cccc(F)c2Cl)C1. The molecule has 1 atom stereocenters. The zero-order valence-electron chi connectivity index (χ0n) is 9.70. The molecule has 1 fully saturated rings. The summed E-state index contributed by atoms with van der Waals surface area (Å²) in [5.74, 6) is -1.47. The number of likely N-dealkylation sites (tertiary alicyclic amines) is 1. The second-order valence-electron chi connectivity index (χ2n) is 4.63. The van der Waals surface area contributed by atoms with Crippen LogP contribution in [-0.4, -0.2) is 34.6 Å². The van der Waals surface area contributed by atoms with E-state index in [1.54, 1.807) is 12.1 Å². The fourth-order valence-electron chi connectivity index (χ4n) is 2.14. The molecule has 0 spiro atoms. The summed E-state index contributed by atoms with van der Waals surface area (Å²) in [5, 5.41) is 9.10. The summed E-state index contributed by atoms with van der Waals surface area (Å²) in [7, 11) is 0. The van der Waals surface area contributed by atoms with Gasteiger partial charge >= 0.3 is 5.97 Å². The summed E-state index contributed by atoms with van der Waals surface area (Å²) in [4.78, 5) is 12.9. The van der Waals surface area contributed by atoms with Crippen molar-refractivity contribution in [1.82, 2.24) is 4.90 Å². The Morgan fingerprint density at radius 1 is 1.61 bits per heavy atom. The molecule has 1 saturated heterocycles. The van der Waals surface area contributed by atoms with Crippen LogP contribution in [0.15, 0.2) is 18.2 Å². The van der Waals surface area contributed by atoms with Crippen LogP contribution < -0.4 is 5.73 Å². The van der Waals surface area contributed by atoms with E-state index >= 15 is 0 Å². The highest BCUT2D eigenvalue weighted by Gasteiger charge is 2.41. The van der Waals surface area contributed by atoms with Crippen LogP contribution in [0.2, 0.25) is 5.02 Å². The van der Waals surface area contributed by atoms with Gasteiger partial charge in [0.2, 0.25) is 0 Å². The molecule has 1 aliphatic rings. The predicted octanol–water partition coefficient (Wildman–Crippen LogP) is 1.47. The average Bonchev–Trinajstić information content (AvgIpc) is 2.68. The first-order valence-corrected chi connectivity index (χ1v) is 5.98. The molecule has 98 valence electrons. The van der Waals surface area contributed by atoms with Crippen LogP contribution in [-0.2, 0) is 11.3 Å². The average molecular weight is 273 g/mol. The minimum Gasteiger partial charge on any atom is -0.480 e. The third-order valence-electron chi connectivity index (χ3n) is 3.23. The Morgan fingerprint density at radius 2 is 2.33 bits per heavy atom. The molecule has 1 aromatic carbocycles. The topological polar surface area (TPSA) is 66.6 Å². The third kappa shape index (κ3) is 2.48. The molecule has 2 rings (SSSR count). The number of hydrogen-bond acceptors (Lipinski definition) is 3. The van der Waals surface area contributed by atoms with Crippen LogP contribution in [0.5, 0.6) is 0 Å². The largest absolute Gasteiger partial charge is 0.480 e. The Morgan fingerprint density at radius 3 is 2.94 bits per heavy atom. The minimum absolute atomic E-state index is 0.0855. The zero-order valence-corrected chi connectivity index (χ0v) is 10.5. The molecule has 0 radical (unpaired) electrons. The number of carboxylic acid groups (broad SMARTS) is 1. The molecule has 0 amide bonds. The van der Waals surface area contributed by atoms with Crippen molar-refractivity contribution in [3.63, 3.8) is 0 Å². The molecule has 1 aromatic rings. The number of nitrogens with zero attached hydrogens (tertiary/aromatic N) is 1. The number of aliphatic carboxylic acids is 1. The van der Waals surface area contributed by atoms with E-state index in [0.717, 1.165) is 0 Å². The molecular formula is C12H14ClFN2O2. The first-order chi connectivity index (χ1) is 8.42. The van der Waals surface area contributed by atoms with Crippen molar-refractivity contribution < 1.29 is 14.3 Å². The van der Waals surface area contributed by atoms with Gasteiger partial charge in [0.15, 0.2) is 0 Å². The zero-order chi connectivity index (χ0) is 13.3. The lowest BCUT2D eigenvalue weighted by Gasteiger charge is -2.20. The number of rotatable bonds is 3. The van der Waals surface area contributed by atoms with E-state index in [9.17, 15) is 9.18 Å². The van der Waals surface area contributed by atoms with Gasteiger partial charge in [-0.1, -0.05) is 23.7 Å². The maximum atomic E-state index is 13.3. The number of benzene rings is 1. The molecule has 1 unspecified atom stereocenters. The second-order valence-corrected chi connectivity index (χ2v) is 5.01. The lowest BCUT2D eigenvalue weighted by Crippen LogP contribution is -2.50. The molecule has 4 nitrogen and oxygen atoms in total. The van der Waals surface area contributed by atoms with Crippen molar-refractivity contribution in [3.8, 4) is 0 Å². The highest BCUT2D eigenvalue weighted by molar-refractivity contribution is 6.31. The van der Waals surface area contributed by atoms with Gasteiger partial charge in [-0.2, -0.15) is 0 Å². The fraction of sp³-hybridized carbons (Fsp3) is 0.417. The molecule has 1 heterocycles. The highest BCUT2D eigenvalue weighted by Crippen LogP contribution is 2.25. The number of nitrogens with two attached hydrogens (primary N) is 1. The summed E-state index contributed by atoms with van der Waals surface area (Å²) < 4.78 is 13.3. The van der Waals surface area contributed by atoms with Crippen molar-refractivity contribution >= 4 is 17.6 Å². The standard InChI is InChI=1S/C12H14ClFN2O2/c13-10-8(2-1-3-9(10)14)6-16-5-4-12(15,7-16)11(17)18/h1-3H,4-7,15H2,(H,17,18). The molecule has 0 aromatic heterocycles. The first-order valence-electron chi connectivity index (χ1n) is 5.60. The molecule has 0 bridgehead atoms. The second kappa shape index (κ2) is 4.84. The van der Waals surface area contributed by atoms with Gasteiger partial charge in [-0.3, -0.25) is 9.69 Å². The van der Waals surface area contributed by atoms with E-state index in [4.69, 9.17) is 22.4 Å². The summed E-state index contributed by atoms with van der Waals surface area (Å²) in [5.41, 5.74) is 5.20. The van der Waals surface area contributed by atoms with E-state index in [0.29, 0.717) is 25.1 Å². The smallest absolute Gasteiger partial charge is 0.325 e. The van der Waals surface area contributed by atoms with Crippen LogP contribution in [0.3, 0.4) is 0 Å². The van der Waals surface area contributed by atoms with Gasteiger partial charge < -0.3 is 10.8 Å². The minimum atomic E-state index is -1.21. The molecule has 0 aliphatic carbocycles. The van der Waals surface area contributed by atoms with Crippen LogP contribution in [0, 0.1) is 5.82 Å². The molecule has 6 heteroatoms. The van der Waals surface area contributed by atoms with Crippen molar-refractivity contribution in [2.75, 3.05) is 13.1 Å². The summed E-state index contributed by atoms with van der Waals surface area (Å²) >= 11 is 5.86. The van der Waals surface area contributed by atoms with E-state index in [2.05, 4.69) is 0 Å². The van der Waals surface area contributed by atoms with Crippen LogP contribution in [0.25, 0.3) is 0 Å². The number of carbonyl (C=O) groups is 1. The van der Waals surface area contributed by atoms with E-state index in [1.807, 2.05) is 4.90 Å². The monoisotopic (exact) mass is 272 g/mol. The summed E-state index contributed by atoms with van der Waals surface area (Å²) in [6.07, 6.45) is 0.384. The number of carboxylic acids is 1. The number of hydrogen-bond donors (Lipinski definition) is 2. The quantitative estimate of drug-likeness (QED) is 0.874. The fourth-order valence-corrected chi connectivity index (χ4v) is 2.32. The predicted molar refractivity (Wildman–Crippen MR) is 65.9 cm³/mol. The Bertz CT molecular complexity index is 483. The van der Waals surface area contributed by atoms with Gasteiger partial charge in [-0.25, -0.2) is 4.39 Å². The van der Waals surface area contributed by atoms with Gasteiger partial charge in [-0.05, 0) is 18.1 Å². The number of halogens is 2. The Balaban J connectivity index is 2.08. The van der Waals surface area contributed by atoms with Gasteiger partial charge in [0.1, 0.15) is 11.4 Å². The molecule has 3 N–H and O–H groups in total. The molecular weight excluding hydrogens is 259 g/mol. The lowest BCUT2D eigenvalue weighted by atomic mass is 10.0. The van der Waals surface area contributed by atoms with E-state index < -0.39 is 17.3 Å². The van der Waals surface area contributed by atoms with Crippen LogP contribution in [0.1, 0.15) is 12.0 Å². The lowest BCUT2D eigenvalue weighted by molar-refractivity contribution is -0.142. The van der Waals surface area contributed by atoms with Gasteiger partial charge in [0.25, 0.3) is 0 Å². The van der Waals surface area contributed by atoms with Gasteiger partial charge in [0.05, 0.1) is 5.02 Å². The Kier molecular flexibility index (Phi) is 3.56. The normalized spacial score (nSPS) is 24.4. The van der Waals surface area contributed by atoms with E-state index in [1.165, 1.54) is 6.07 Å². The summed E-state index contributed by atoms with van der Waals surface area (Å²) in [6, 6.07) is 4.60. The van der Waals surface area contributed by atoms with E-state index in [-0.39, 0.29) is 11.6 Å². The van der Waals surface area contributed by atoms with Crippen LogP contribution >= 0.6 is 11.6 Å².